The van der Waals surface area contributed by atoms with Crippen LogP contribution in [0, 0.1) is 11.3 Å². The summed E-state index contributed by atoms with van der Waals surface area (Å²) in [6, 6.07) is 10.4. The zero-order valence-corrected chi connectivity index (χ0v) is 18.7. The summed E-state index contributed by atoms with van der Waals surface area (Å²) in [5, 5.41) is 0. The highest BCUT2D eigenvalue weighted by atomic mass is 16.5. The number of carbonyl (C=O) groups excluding carboxylic acids is 2. The molecule has 2 heterocycles. The molecular formula is C26H36N2O3. The smallest absolute Gasteiger partial charge is 0.233 e. The molecule has 168 valence electrons. The van der Waals surface area contributed by atoms with E-state index in [-0.39, 0.29) is 16.7 Å². The second-order valence-corrected chi connectivity index (χ2v) is 10.3. The molecule has 5 rings (SSSR count). The number of benzene rings is 1. The normalized spacial score (nSPS) is 26.8. The summed E-state index contributed by atoms with van der Waals surface area (Å²) in [6.45, 7) is 4.49. The second kappa shape index (κ2) is 8.57. The summed E-state index contributed by atoms with van der Waals surface area (Å²) in [4.78, 5) is 30.7. The van der Waals surface area contributed by atoms with Gasteiger partial charge in [-0.15, -0.1) is 0 Å². The predicted octanol–water partition coefficient (Wildman–Crippen LogP) is 3.77. The fourth-order valence-electron chi connectivity index (χ4n) is 6.49. The van der Waals surface area contributed by atoms with Gasteiger partial charge in [0.05, 0.1) is 18.6 Å². The number of likely N-dealkylation sites (tertiary alicyclic amines) is 1. The van der Waals surface area contributed by atoms with Crippen molar-refractivity contribution in [2.24, 2.45) is 11.3 Å². The highest BCUT2D eigenvalue weighted by molar-refractivity contribution is 5.91. The lowest BCUT2D eigenvalue weighted by Crippen LogP contribution is -2.41. The van der Waals surface area contributed by atoms with Gasteiger partial charge in [0.15, 0.2) is 0 Å². The summed E-state index contributed by atoms with van der Waals surface area (Å²) in [7, 11) is 0. The molecule has 2 saturated carbocycles. The van der Waals surface area contributed by atoms with Crippen LogP contribution in [-0.2, 0) is 19.7 Å². The van der Waals surface area contributed by atoms with Gasteiger partial charge in [-0.3, -0.25) is 9.59 Å². The quantitative estimate of drug-likeness (QED) is 0.723. The monoisotopic (exact) mass is 424 g/mol. The van der Waals surface area contributed by atoms with Gasteiger partial charge in [-0.1, -0.05) is 49.6 Å². The molecule has 0 radical (unpaired) electrons. The third-order valence-electron chi connectivity index (χ3n) is 8.51. The number of hydrogen-bond acceptors (Lipinski definition) is 3. The van der Waals surface area contributed by atoms with Crippen LogP contribution < -0.4 is 0 Å². The largest absolute Gasteiger partial charge is 0.378 e. The first-order chi connectivity index (χ1) is 15.1. The Bertz CT molecular complexity index is 792. The number of rotatable bonds is 5. The van der Waals surface area contributed by atoms with Crippen LogP contribution in [0.3, 0.4) is 0 Å². The zero-order chi connectivity index (χ0) is 21.3. The summed E-state index contributed by atoms with van der Waals surface area (Å²) in [5.74, 6) is 1.06. The average molecular weight is 425 g/mol. The summed E-state index contributed by atoms with van der Waals surface area (Å²) >= 11 is 0. The lowest BCUT2D eigenvalue weighted by Gasteiger charge is -2.38. The van der Waals surface area contributed by atoms with E-state index in [0.29, 0.717) is 31.5 Å². The van der Waals surface area contributed by atoms with Gasteiger partial charge in [0, 0.05) is 32.6 Å². The first-order valence-corrected chi connectivity index (χ1v) is 12.3. The molecule has 0 N–H and O–H groups in total. The fourth-order valence-corrected chi connectivity index (χ4v) is 6.49. The van der Waals surface area contributed by atoms with E-state index in [0.717, 1.165) is 45.4 Å². The SMILES string of the molecule is O=C(CCC1CN(C(=O)C2(c3ccccc3)CC2)CC12CCCCC2)N1CCOCC1. The van der Waals surface area contributed by atoms with Gasteiger partial charge < -0.3 is 14.5 Å². The Kier molecular flexibility index (Phi) is 5.80. The molecule has 4 fully saturated rings. The number of amides is 2. The van der Waals surface area contributed by atoms with E-state index >= 15 is 0 Å². The number of morpholine rings is 1. The molecule has 2 saturated heterocycles. The molecule has 1 spiro atoms. The molecule has 1 atom stereocenters. The van der Waals surface area contributed by atoms with Crippen molar-refractivity contribution < 1.29 is 14.3 Å². The van der Waals surface area contributed by atoms with Gasteiger partial charge in [-0.2, -0.15) is 0 Å². The number of hydrogen-bond donors (Lipinski definition) is 0. The van der Waals surface area contributed by atoms with E-state index in [9.17, 15) is 9.59 Å². The Labute approximate surface area is 186 Å². The molecule has 1 aromatic rings. The first kappa shape index (κ1) is 21.0. The van der Waals surface area contributed by atoms with E-state index in [1.54, 1.807) is 0 Å². The molecule has 5 heteroatoms. The van der Waals surface area contributed by atoms with Crippen LogP contribution in [0.5, 0.6) is 0 Å². The number of ether oxygens (including phenoxy) is 1. The molecule has 1 unspecified atom stereocenters. The van der Waals surface area contributed by atoms with Crippen LogP contribution in [0.15, 0.2) is 30.3 Å². The Morgan fingerprint density at radius 2 is 1.65 bits per heavy atom. The molecule has 2 aliphatic carbocycles. The van der Waals surface area contributed by atoms with Gasteiger partial charge in [-0.05, 0) is 49.0 Å². The molecule has 1 aromatic carbocycles. The molecule has 2 aliphatic heterocycles. The van der Waals surface area contributed by atoms with Gasteiger partial charge in [0.25, 0.3) is 0 Å². The van der Waals surface area contributed by atoms with Crippen LogP contribution in [-0.4, -0.2) is 61.0 Å². The van der Waals surface area contributed by atoms with Crippen molar-refractivity contribution in [1.29, 1.82) is 0 Å². The molecule has 5 nitrogen and oxygen atoms in total. The first-order valence-electron chi connectivity index (χ1n) is 12.3. The predicted molar refractivity (Wildman–Crippen MR) is 120 cm³/mol. The van der Waals surface area contributed by atoms with Crippen molar-refractivity contribution in [3.63, 3.8) is 0 Å². The summed E-state index contributed by atoms with van der Waals surface area (Å²) in [6.07, 6.45) is 9.73. The van der Waals surface area contributed by atoms with Crippen LogP contribution in [0.4, 0.5) is 0 Å². The van der Waals surface area contributed by atoms with E-state index < -0.39 is 0 Å². The van der Waals surface area contributed by atoms with E-state index in [2.05, 4.69) is 29.2 Å². The van der Waals surface area contributed by atoms with Crippen molar-refractivity contribution in [2.75, 3.05) is 39.4 Å². The van der Waals surface area contributed by atoms with Crippen molar-refractivity contribution in [1.82, 2.24) is 9.80 Å². The van der Waals surface area contributed by atoms with Crippen LogP contribution in [0.1, 0.15) is 63.4 Å². The third-order valence-corrected chi connectivity index (χ3v) is 8.51. The minimum absolute atomic E-state index is 0.228. The number of nitrogens with zero attached hydrogens (tertiary/aromatic N) is 2. The van der Waals surface area contributed by atoms with Gasteiger partial charge in [-0.25, -0.2) is 0 Å². The molecule has 0 bridgehead atoms. The van der Waals surface area contributed by atoms with Gasteiger partial charge >= 0.3 is 0 Å². The Morgan fingerprint density at radius 1 is 0.935 bits per heavy atom. The lowest BCUT2D eigenvalue weighted by atomic mass is 9.66. The summed E-state index contributed by atoms with van der Waals surface area (Å²) in [5.41, 5.74) is 1.13. The van der Waals surface area contributed by atoms with Gasteiger partial charge in [0.1, 0.15) is 0 Å². The van der Waals surface area contributed by atoms with E-state index in [1.807, 2.05) is 11.0 Å². The highest BCUT2D eigenvalue weighted by Crippen LogP contribution is 2.54. The molecule has 0 aromatic heterocycles. The van der Waals surface area contributed by atoms with E-state index in [1.165, 1.54) is 37.7 Å². The third kappa shape index (κ3) is 4.02. The Hall–Kier alpha value is -1.88. The highest BCUT2D eigenvalue weighted by Gasteiger charge is 2.56. The maximum absolute atomic E-state index is 13.7. The molecule has 31 heavy (non-hydrogen) atoms. The van der Waals surface area contributed by atoms with Crippen LogP contribution >= 0.6 is 0 Å². The maximum Gasteiger partial charge on any atom is 0.233 e. The zero-order valence-electron chi connectivity index (χ0n) is 18.7. The standard InChI is InChI=1S/C26H36N2O3/c29-23(27-15-17-31-18-16-27)10-9-22-19-28(20-25(22)11-5-2-6-12-25)24(30)26(13-14-26)21-7-3-1-4-8-21/h1,3-4,7-8,22H,2,5-6,9-20H2. The molecule has 2 amide bonds. The number of carbonyl (C=O) groups is 2. The fraction of sp³-hybridized carbons (Fsp3) is 0.692. The van der Waals surface area contributed by atoms with Gasteiger partial charge in [0.2, 0.25) is 11.8 Å². The Morgan fingerprint density at radius 3 is 2.32 bits per heavy atom. The van der Waals surface area contributed by atoms with E-state index in [4.69, 9.17) is 4.74 Å². The topological polar surface area (TPSA) is 49.9 Å². The van der Waals surface area contributed by atoms with Crippen molar-refractivity contribution in [3.05, 3.63) is 35.9 Å². The van der Waals surface area contributed by atoms with Crippen LogP contribution in [0.25, 0.3) is 0 Å². The van der Waals surface area contributed by atoms with Crippen molar-refractivity contribution >= 4 is 11.8 Å². The molecule has 4 aliphatic rings. The minimum atomic E-state index is -0.282. The average Bonchev–Trinajstić information content (AvgIpc) is 3.57. The summed E-state index contributed by atoms with van der Waals surface area (Å²) < 4.78 is 5.39. The minimum Gasteiger partial charge on any atom is -0.378 e. The van der Waals surface area contributed by atoms with Crippen LogP contribution in [0.2, 0.25) is 0 Å². The lowest BCUT2D eigenvalue weighted by molar-refractivity contribution is -0.135. The molecular weight excluding hydrogens is 388 g/mol. The Balaban J connectivity index is 1.29. The maximum atomic E-state index is 13.7. The van der Waals surface area contributed by atoms with Crippen molar-refractivity contribution in [3.8, 4) is 0 Å². The van der Waals surface area contributed by atoms with Crippen molar-refractivity contribution in [2.45, 2.75) is 63.2 Å². The second-order valence-electron chi connectivity index (χ2n) is 10.3.